The Labute approximate surface area is 167 Å². The third kappa shape index (κ3) is 6.76. The summed E-state index contributed by atoms with van der Waals surface area (Å²) in [5.74, 6) is -0.865. The number of ether oxygens (including phenoxy) is 1. The molecule has 1 amide bonds. The number of allylic oxidation sites excluding steroid dienone is 3. The number of nitrogens with zero attached hydrogens (tertiary/aromatic N) is 1. The fourth-order valence-electron chi connectivity index (χ4n) is 2.68. The summed E-state index contributed by atoms with van der Waals surface area (Å²) < 4.78 is 81.3. The van der Waals surface area contributed by atoms with E-state index in [4.69, 9.17) is 4.74 Å². The van der Waals surface area contributed by atoms with E-state index >= 15 is 0 Å². The maximum absolute atomic E-state index is 12.7. The fourth-order valence-corrected chi connectivity index (χ4v) is 2.68. The molecule has 1 aromatic heterocycles. The highest BCUT2D eigenvalue weighted by atomic mass is 19.4. The highest BCUT2D eigenvalue weighted by Gasteiger charge is 2.35. The molecule has 0 radical (unpaired) electrons. The van der Waals surface area contributed by atoms with Gasteiger partial charge in [0.2, 0.25) is 5.91 Å². The molecule has 0 bridgehead atoms. The first-order chi connectivity index (χ1) is 13.9. The van der Waals surface area contributed by atoms with E-state index in [-0.39, 0.29) is 36.9 Å². The Bertz CT molecular complexity index is 799. The van der Waals surface area contributed by atoms with Gasteiger partial charge in [0.05, 0.1) is 6.61 Å². The van der Waals surface area contributed by atoms with Crippen molar-refractivity contribution in [2.75, 3.05) is 19.0 Å². The second-order valence-corrected chi connectivity index (χ2v) is 6.62. The Morgan fingerprint density at radius 1 is 1.20 bits per heavy atom. The third-order valence-electron chi connectivity index (χ3n) is 4.12. The average molecular weight is 441 g/mol. The number of halogens is 6. The van der Waals surface area contributed by atoms with Gasteiger partial charge in [0.25, 0.3) is 0 Å². The van der Waals surface area contributed by atoms with Gasteiger partial charge >= 0.3 is 12.4 Å². The SMILES string of the molecule is COCC(C)NC(NC(=O)C1=CC=C(C(F)(F)F)CC1)Nc1cc(C(F)(F)F)[nH]n1. The number of carbonyl (C=O) groups is 1. The van der Waals surface area contributed by atoms with Gasteiger partial charge in [-0.25, -0.2) is 0 Å². The van der Waals surface area contributed by atoms with Crippen molar-refractivity contribution in [1.82, 2.24) is 20.8 Å². The Morgan fingerprint density at radius 2 is 1.90 bits per heavy atom. The molecule has 1 heterocycles. The van der Waals surface area contributed by atoms with E-state index in [9.17, 15) is 31.1 Å². The molecule has 2 unspecified atom stereocenters. The lowest BCUT2D eigenvalue weighted by atomic mass is 9.97. The lowest BCUT2D eigenvalue weighted by molar-refractivity contribution is -0.141. The Balaban J connectivity index is 2.11. The van der Waals surface area contributed by atoms with Crippen molar-refractivity contribution >= 4 is 11.7 Å². The minimum absolute atomic E-state index is 0.106. The quantitative estimate of drug-likeness (QED) is 0.368. The van der Waals surface area contributed by atoms with Crippen LogP contribution >= 0.6 is 0 Å². The monoisotopic (exact) mass is 441 g/mol. The number of rotatable bonds is 8. The van der Waals surface area contributed by atoms with Gasteiger partial charge in [0, 0.05) is 30.4 Å². The molecule has 2 atom stereocenters. The van der Waals surface area contributed by atoms with Gasteiger partial charge in [-0.15, -0.1) is 0 Å². The van der Waals surface area contributed by atoms with E-state index < -0.39 is 35.8 Å². The van der Waals surface area contributed by atoms with Gasteiger partial charge in [-0.05, 0) is 19.8 Å². The van der Waals surface area contributed by atoms with Gasteiger partial charge in [0.1, 0.15) is 5.69 Å². The van der Waals surface area contributed by atoms with E-state index in [1.54, 1.807) is 6.92 Å². The maximum Gasteiger partial charge on any atom is 0.432 e. The molecule has 1 aliphatic rings. The molecular weight excluding hydrogens is 420 g/mol. The van der Waals surface area contributed by atoms with Gasteiger partial charge in [0.15, 0.2) is 12.1 Å². The Morgan fingerprint density at radius 3 is 2.40 bits per heavy atom. The molecule has 1 aromatic rings. The molecular formula is C17H21F6N5O2. The molecule has 7 nitrogen and oxygen atoms in total. The zero-order chi connectivity index (χ0) is 22.5. The Kier molecular flexibility index (Phi) is 7.53. The topological polar surface area (TPSA) is 91.1 Å². The number of H-pyrrole nitrogens is 1. The number of methoxy groups -OCH3 is 1. The molecule has 4 N–H and O–H groups in total. The third-order valence-corrected chi connectivity index (χ3v) is 4.12. The van der Waals surface area contributed by atoms with Crippen LogP contribution in [0.15, 0.2) is 29.4 Å². The zero-order valence-electron chi connectivity index (χ0n) is 16.0. The normalized spacial score (nSPS) is 17.1. The second-order valence-electron chi connectivity index (χ2n) is 6.62. The minimum Gasteiger partial charge on any atom is -0.383 e. The lowest BCUT2D eigenvalue weighted by Crippen LogP contribution is -2.54. The minimum atomic E-state index is -4.63. The van der Waals surface area contributed by atoms with Crippen molar-refractivity contribution in [2.24, 2.45) is 0 Å². The van der Waals surface area contributed by atoms with Crippen molar-refractivity contribution in [3.8, 4) is 0 Å². The van der Waals surface area contributed by atoms with Crippen molar-refractivity contribution in [2.45, 2.75) is 44.4 Å². The number of amides is 1. The highest BCUT2D eigenvalue weighted by molar-refractivity contribution is 5.94. The summed E-state index contributed by atoms with van der Waals surface area (Å²) in [6.45, 7) is 1.93. The second kappa shape index (κ2) is 9.51. The van der Waals surface area contributed by atoms with Gasteiger partial charge in [-0.3, -0.25) is 15.2 Å². The summed E-state index contributed by atoms with van der Waals surface area (Å²) in [6, 6.07) is 0.394. The number of anilines is 1. The van der Waals surface area contributed by atoms with Crippen molar-refractivity contribution in [1.29, 1.82) is 0 Å². The van der Waals surface area contributed by atoms with Gasteiger partial charge < -0.3 is 15.4 Å². The first kappa shape index (κ1) is 23.7. The van der Waals surface area contributed by atoms with Gasteiger partial charge in [-0.2, -0.15) is 31.4 Å². The molecule has 0 aliphatic heterocycles. The summed E-state index contributed by atoms with van der Waals surface area (Å²) in [6.07, 6.45) is -8.71. The van der Waals surface area contributed by atoms with E-state index in [1.165, 1.54) is 7.11 Å². The van der Waals surface area contributed by atoms with Crippen molar-refractivity contribution < 1.29 is 35.9 Å². The van der Waals surface area contributed by atoms with Crippen molar-refractivity contribution in [3.05, 3.63) is 35.1 Å². The number of aromatic nitrogens is 2. The van der Waals surface area contributed by atoms with Crippen LogP contribution in [0.1, 0.15) is 25.5 Å². The van der Waals surface area contributed by atoms with E-state index in [2.05, 4.69) is 21.0 Å². The standard InChI is InChI=1S/C17H21F6N5O2/c1-9(8-30-2)24-15(25-13-7-12(27-28-13)17(21,22)23)26-14(29)10-3-5-11(6-4-10)16(18,19)20/h3,5,7,9,15,24H,4,6,8H2,1-2H3,(H,26,29)(H2,25,27,28). The number of hydrogen-bond acceptors (Lipinski definition) is 5. The molecule has 0 fully saturated rings. The van der Waals surface area contributed by atoms with Crippen LogP contribution in [0.4, 0.5) is 32.2 Å². The lowest BCUT2D eigenvalue weighted by Gasteiger charge is -2.26. The molecule has 0 aromatic carbocycles. The molecule has 30 heavy (non-hydrogen) atoms. The first-order valence-corrected chi connectivity index (χ1v) is 8.82. The van der Waals surface area contributed by atoms with E-state index in [0.717, 1.165) is 18.2 Å². The van der Waals surface area contributed by atoms with Crippen LogP contribution in [0.3, 0.4) is 0 Å². The summed E-state index contributed by atoms with van der Waals surface area (Å²) in [7, 11) is 1.44. The molecule has 0 saturated carbocycles. The molecule has 1 aliphatic carbocycles. The highest BCUT2D eigenvalue weighted by Crippen LogP contribution is 2.33. The van der Waals surface area contributed by atoms with Crippen LogP contribution in [0, 0.1) is 0 Å². The largest absolute Gasteiger partial charge is 0.432 e. The predicted molar refractivity (Wildman–Crippen MR) is 95.1 cm³/mol. The van der Waals surface area contributed by atoms with Crippen LogP contribution in [0.2, 0.25) is 0 Å². The molecule has 2 rings (SSSR count). The fraction of sp³-hybridized carbons (Fsp3) is 0.529. The number of nitrogens with one attached hydrogen (secondary N) is 4. The van der Waals surface area contributed by atoms with Crippen LogP contribution in [0.25, 0.3) is 0 Å². The number of hydrogen-bond donors (Lipinski definition) is 4. The molecule has 0 spiro atoms. The maximum atomic E-state index is 12.7. The first-order valence-electron chi connectivity index (χ1n) is 8.82. The zero-order valence-corrected chi connectivity index (χ0v) is 16.0. The van der Waals surface area contributed by atoms with Crippen molar-refractivity contribution in [3.63, 3.8) is 0 Å². The number of alkyl halides is 6. The smallest absolute Gasteiger partial charge is 0.383 e. The summed E-state index contributed by atoms with van der Waals surface area (Å²) in [5, 5.41) is 13.3. The summed E-state index contributed by atoms with van der Waals surface area (Å²) in [4.78, 5) is 12.4. The van der Waals surface area contributed by atoms with Gasteiger partial charge in [-0.1, -0.05) is 12.2 Å². The van der Waals surface area contributed by atoms with Crippen LogP contribution < -0.4 is 16.0 Å². The molecule has 13 heteroatoms. The predicted octanol–water partition coefficient (Wildman–Crippen LogP) is 3.07. The van der Waals surface area contributed by atoms with E-state index in [0.29, 0.717) is 0 Å². The van der Waals surface area contributed by atoms with E-state index in [1.807, 2.05) is 5.10 Å². The summed E-state index contributed by atoms with van der Waals surface area (Å²) in [5.41, 5.74) is -1.72. The molecule has 0 saturated heterocycles. The van der Waals surface area contributed by atoms with Crippen LogP contribution in [-0.2, 0) is 15.7 Å². The van der Waals surface area contributed by atoms with Crippen LogP contribution in [0.5, 0.6) is 0 Å². The average Bonchev–Trinajstić information content (AvgIpc) is 3.10. The summed E-state index contributed by atoms with van der Waals surface area (Å²) >= 11 is 0. The molecule has 168 valence electrons. The van der Waals surface area contributed by atoms with Crippen LogP contribution in [-0.4, -0.2) is 48.3 Å². The Hall–Kier alpha value is -2.54. The number of carbonyl (C=O) groups excluding carboxylic acids is 1. The number of aromatic amines is 1.